The second-order valence-electron chi connectivity index (χ2n) is 5.47. The van der Waals surface area contributed by atoms with Crippen molar-refractivity contribution < 1.29 is 8.91 Å². The molecule has 0 aliphatic heterocycles. The average Bonchev–Trinajstić information content (AvgIpc) is 3.24. The Labute approximate surface area is 142 Å². The van der Waals surface area contributed by atoms with Crippen LogP contribution in [0.15, 0.2) is 53.3 Å². The van der Waals surface area contributed by atoms with Crippen LogP contribution in [0.2, 0.25) is 0 Å². The number of halogens is 1. The quantitative estimate of drug-likeness (QED) is 0.570. The van der Waals surface area contributed by atoms with Crippen LogP contribution in [0, 0.1) is 12.7 Å². The minimum absolute atomic E-state index is 0.282. The summed E-state index contributed by atoms with van der Waals surface area (Å²) in [5.41, 5.74) is 2.87. The van der Waals surface area contributed by atoms with Crippen LogP contribution in [0.1, 0.15) is 11.3 Å². The highest BCUT2D eigenvalue weighted by Gasteiger charge is 2.17. The molecule has 4 aromatic rings. The van der Waals surface area contributed by atoms with Gasteiger partial charge < -0.3 is 4.52 Å². The lowest BCUT2D eigenvalue weighted by Crippen LogP contribution is -2.04. The highest BCUT2D eigenvalue weighted by atomic mass is 19.1. The van der Waals surface area contributed by atoms with E-state index in [2.05, 4.69) is 25.4 Å². The van der Waals surface area contributed by atoms with E-state index in [1.54, 1.807) is 35.3 Å². The van der Waals surface area contributed by atoms with Gasteiger partial charge in [-0.15, -0.1) is 5.10 Å². The molecule has 3 aromatic heterocycles. The smallest absolute Gasteiger partial charge is 0.258 e. The van der Waals surface area contributed by atoms with Crippen molar-refractivity contribution in [1.82, 2.24) is 30.1 Å². The molecule has 4 rings (SSSR count). The Morgan fingerprint density at radius 1 is 1.16 bits per heavy atom. The molecule has 0 aliphatic carbocycles. The summed E-state index contributed by atoms with van der Waals surface area (Å²) in [4.78, 5) is 8.32. The number of hydrogen-bond acceptors (Lipinski definition) is 6. The third-order valence-corrected chi connectivity index (χ3v) is 3.77. The molecule has 0 bridgehead atoms. The summed E-state index contributed by atoms with van der Waals surface area (Å²) in [5.74, 6) is 0.460. The second kappa shape index (κ2) is 6.23. The maximum Gasteiger partial charge on any atom is 0.258 e. The standard InChI is InChI=1S/C17H13FN6O/c1-11-15(16-20-17(25-22-16)13-5-7-19-8-6-13)21-23-24(11)10-12-3-2-4-14(18)9-12/h2-9H,10H2,1H3. The summed E-state index contributed by atoms with van der Waals surface area (Å²) in [7, 11) is 0. The summed E-state index contributed by atoms with van der Waals surface area (Å²) in [6.07, 6.45) is 3.31. The Morgan fingerprint density at radius 2 is 2.00 bits per heavy atom. The van der Waals surface area contributed by atoms with Crippen molar-refractivity contribution in [2.45, 2.75) is 13.5 Å². The first-order chi connectivity index (χ1) is 12.2. The van der Waals surface area contributed by atoms with E-state index in [1.165, 1.54) is 12.1 Å². The maximum absolute atomic E-state index is 13.3. The number of aromatic nitrogens is 6. The molecule has 0 spiro atoms. The largest absolute Gasteiger partial charge is 0.334 e. The molecule has 0 saturated heterocycles. The zero-order chi connectivity index (χ0) is 17.2. The van der Waals surface area contributed by atoms with Crippen molar-refractivity contribution in [3.63, 3.8) is 0 Å². The van der Waals surface area contributed by atoms with Crippen LogP contribution >= 0.6 is 0 Å². The van der Waals surface area contributed by atoms with E-state index in [-0.39, 0.29) is 5.82 Å². The van der Waals surface area contributed by atoms with Crippen molar-refractivity contribution in [3.05, 3.63) is 65.9 Å². The van der Waals surface area contributed by atoms with Gasteiger partial charge in [0, 0.05) is 18.0 Å². The summed E-state index contributed by atoms with van der Waals surface area (Å²) < 4.78 is 20.3. The predicted octanol–water partition coefficient (Wildman–Crippen LogP) is 2.89. The maximum atomic E-state index is 13.3. The molecule has 0 saturated carbocycles. The second-order valence-corrected chi connectivity index (χ2v) is 5.47. The van der Waals surface area contributed by atoms with E-state index in [9.17, 15) is 4.39 Å². The first-order valence-corrected chi connectivity index (χ1v) is 7.60. The van der Waals surface area contributed by atoms with Gasteiger partial charge in [0.1, 0.15) is 5.82 Å². The van der Waals surface area contributed by atoms with Gasteiger partial charge in [0.05, 0.1) is 12.2 Å². The van der Waals surface area contributed by atoms with E-state index in [4.69, 9.17) is 4.52 Å². The molecule has 124 valence electrons. The zero-order valence-corrected chi connectivity index (χ0v) is 13.3. The van der Waals surface area contributed by atoms with Gasteiger partial charge >= 0.3 is 0 Å². The van der Waals surface area contributed by atoms with Crippen LogP contribution in [-0.2, 0) is 6.54 Å². The van der Waals surface area contributed by atoms with Crippen LogP contribution in [0.3, 0.4) is 0 Å². The van der Waals surface area contributed by atoms with Crippen molar-refractivity contribution in [2.24, 2.45) is 0 Å². The highest BCUT2D eigenvalue weighted by Crippen LogP contribution is 2.22. The molecule has 25 heavy (non-hydrogen) atoms. The molecule has 7 nitrogen and oxygen atoms in total. The molecule has 0 unspecified atom stereocenters. The third-order valence-electron chi connectivity index (χ3n) is 3.77. The highest BCUT2D eigenvalue weighted by molar-refractivity contribution is 5.57. The van der Waals surface area contributed by atoms with Gasteiger partial charge in [0.15, 0.2) is 5.69 Å². The van der Waals surface area contributed by atoms with Gasteiger partial charge in [-0.3, -0.25) is 4.98 Å². The number of pyridine rings is 1. The molecule has 8 heteroatoms. The normalized spacial score (nSPS) is 11.0. The molecule has 0 fully saturated rings. The third kappa shape index (κ3) is 3.01. The van der Waals surface area contributed by atoms with Crippen molar-refractivity contribution >= 4 is 0 Å². The lowest BCUT2D eigenvalue weighted by Gasteiger charge is -2.03. The molecule has 3 heterocycles. The van der Waals surface area contributed by atoms with Crippen LogP contribution in [0.5, 0.6) is 0 Å². The summed E-state index contributed by atoms with van der Waals surface area (Å²) >= 11 is 0. The molecular formula is C17H13FN6O. The Hall–Kier alpha value is -3.42. The first-order valence-electron chi connectivity index (χ1n) is 7.60. The van der Waals surface area contributed by atoms with E-state index in [0.717, 1.165) is 16.8 Å². The van der Waals surface area contributed by atoms with Crippen molar-refractivity contribution in [2.75, 3.05) is 0 Å². The number of nitrogens with zero attached hydrogens (tertiary/aromatic N) is 6. The molecule has 0 aliphatic rings. The van der Waals surface area contributed by atoms with Crippen LogP contribution < -0.4 is 0 Å². The summed E-state index contributed by atoms with van der Waals surface area (Å²) in [5, 5.41) is 12.2. The molecule has 0 amide bonds. The average molecular weight is 336 g/mol. The molecule has 0 atom stereocenters. The van der Waals surface area contributed by atoms with Crippen molar-refractivity contribution in [3.8, 4) is 23.0 Å². The molecule has 0 radical (unpaired) electrons. The summed E-state index contributed by atoms with van der Waals surface area (Å²) in [6, 6.07) is 9.94. The minimum atomic E-state index is -0.282. The van der Waals surface area contributed by atoms with Gasteiger partial charge in [-0.2, -0.15) is 4.98 Å². The predicted molar refractivity (Wildman–Crippen MR) is 86.8 cm³/mol. The van der Waals surface area contributed by atoms with Gasteiger partial charge in [0.25, 0.3) is 5.89 Å². The SMILES string of the molecule is Cc1c(-c2noc(-c3ccncc3)n2)nnn1Cc1cccc(F)c1. The lowest BCUT2D eigenvalue weighted by molar-refractivity contribution is 0.432. The molecule has 1 aromatic carbocycles. The Kier molecular flexibility index (Phi) is 3.77. The monoisotopic (exact) mass is 336 g/mol. The van der Waals surface area contributed by atoms with Gasteiger partial charge in [-0.05, 0) is 36.8 Å². The lowest BCUT2D eigenvalue weighted by atomic mass is 10.2. The van der Waals surface area contributed by atoms with Gasteiger partial charge in [0.2, 0.25) is 5.82 Å². The fraction of sp³-hybridized carbons (Fsp3) is 0.118. The molecule has 0 N–H and O–H groups in total. The van der Waals surface area contributed by atoms with Crippen LogP contribution in [0.4, 0.5) is 4.39 Å². The van der Waals surface area contributed by atoms with Gasteiger partial charge in [-0.25, -0.2) is 9.07 Å². The van der Waals surface area contributed by atoms with E-state index in [1.807, 2.05) is 13.0 Å². The summed E-state index contributed by atoms with van der Waals surface area (Å²) in [6.45, 7) is 2.27. The topological polar surface area (TPSA) is 82.5 Å². The number of benzene rings is 1. The van der Waals surface area contributed by atoms with E-state index < -0.39 is 0 Å². The minimum Gasteiger partial charge on any atom is -0.334 e. The van der Waals surface area contributed by atoms with Crippen molar-refractivity contribution in [1.29, 1.82) is 0 Å². The first kappa shape index (κ1) is 15.1. The fourth-order valence-electron chi connectivity index (χ4n) is 2.46. The Balaban J connectivity index is 1.62. The van der Waals surface area contributed by atoms with E-state index >= 15 is 0 Å². The van der Waals surface area contributed by atoms with Crippen LogP contribution in [-0.4, -0.2) is 30.1 Å². The number of rotatable bonds is 4. The van der Waals surface area contributed by atoms with E-state index in [0.29, 0.717) is 24.0 Å². The Morgan fingerprint density at radius 3 is 2.80 bits per heavy atom. The molecular weight excluding hydrogens is 323 g/mol. The Bertz CT molecular complexity index is 1010. The van der Waals surface area contributed by atoms with Gasteiger partial charge in [-0.1, -0.05) is 22.5 Å². The zero-order valence-electron chi connectivity index (χ0n) is 13.3. The fourth-order valence-corrected chi connectivity index (χ4v) is 2.46. The van der Waals surface area contributed by atoms with Crippen LogP contribution in [0.25, 0.3) is 23.0 Å². The number of hydrogen-bond donors (Lipinski definition) is 0.